The lowest BCUT2D eigenvalue weighted by Gasteiger charge is -2.03. The minimum Gasteiger partial charge on any atom is -0.398 e. The molecule has 1 aromatic carbocycles. The minimum absolute atomic E-state index is 0.139. The maximum absolute atomic E-state index is 11.6. The molecule has 0 atom stereocenters. The first-order valence-corrected chi connectivity index (χ1v) is 5.65. The van der Waals surface area contributed by atoms with Gasteiger partial charge >= 0.3 is 0 Å². The summed E-state index contributed by atoms with van der Waals surface area (Å²) in [4.78, 5) is 11.6. The molecular weight excluding hydrogens is 210 g/mol. The number of hydrogen-bond donors (Lipinski definition) is 1. The van der Waals surface area contributed by atoms with Crippen LogP contribution in [0.5, 0.6) is 0 Å². The van der Waals surface area contributed by atoms with Gasteiger partial charge in [0.1, 0.15) is 0 Å². The number of hydrogen-bond acceptors (Lipinski definition) is 2. The van der Waals surface area contributed by atoms with Gasteiger partial charge in [0.2, 0.25) is 0 Å². The third kappa shape index (κ3) is 2.96. The van der Waals surface area contributed by atoms with Gasteiger partial charge in [0.05, 0.1) is 0 Å². The Morgan fingerprint density at radius 2 is 2.00 bits per heavy atom. The second-order valence-electron chi connectivity index (χ2n) is 3.37. The number of carbonyl (C=O) groups excluding carboxylic acids is 1. The van der Waals surface area contributed by atoms with Crippen LogP contribution in [0.4, 0.5) is 5.69 Å². The summed E-state index contributed by atoms with van der Waals surface area (Å²) in [6, 6.07) is 5.02. The lowest BCUT2D eigenvalue weighted by atomic mass is 10.1. The van der Waals surface area contributed by atoms with Crippen molar-refractivity contribution in [3.63, 3.8) is 0 Å². The van der Waals surface area contributed by atoms with E-state index in [9.17, 15) is 4.79 Å². The molecule has 2 rings (SSSR count). The van der Waals surface area contributed by atoms with Gasteiger partial charge in [0.25, 0.3) is 0 Å². The Morgan fingerprint density at radius 1 is 1.40 bits per heavy atom. The number of benzene rings is 1. The van der Waals surface area contributed by atoms with Crippen molar-refractivity contribution in [2.24, 2.45) is 5.92 Å². The largest absolute Gasteiger partial charge is 0.398 e. The molecule has 3 heteroatoms. The molecule has 1 aliphatic rings. The summed E-state index contributed by atoms with van der Waals surface area (Å²) >= 11 is 5.78. The van der Waals surface area contributed by atoms with Gasteiger partial charge in [-0.3, -0.25) is 4.79 Å². The number of nitrogen functional groups attached to an aromatic ring is 1. The Bertz CT molecular complexity index is 359. The molecule has 82 valence electrons. The Balaban J connectivity index is 0.000000531. The number of ketones is 1. The molecule has 1 aliphatic carbocycles. The summed E-state index contributed by atoms with van der Waals surface area (Å²) in [5, 5.41) is 0.568. The van der Waals surface area contributed by atoms with Crippen molar-refractivity contribution in [1.29, 1.82) is 0 Å². The zero-order valence-electron chi connectivity index (χ0n) is 9.09. The van der Waals surface area contributed by atoms with E-state index in [-0.39, 0.29) is 11.7 Å². The first kappa shape index (κ1) is 12.1. The fraction of sp³-hybridized carbons (Fsp3) is 0.417. The summed E-state index contributed by atoms with van der Waals surface area (Å²) in [6.45, 7) is 4.00. The fourth-order valence-corrected chi connectivity index (χ4v) is 1.48. The topological polar surface area (TPSA) is 43.1 Å². The van der Waals surface area contributed by atoms with Crippen LogP contribution < -0.4 is 5.73 Å². The number of rotatable bonds is 2. The second kappa shape index (κ2) is 5.17. The van der Waals surface area contributed by atoms with Crippen molar-refractivity contribution in [3.05, 3.63) is 28.8 Å². The first-order valence-electron chi connectivity index (χ1n) is 5.27. The summed E-state index contributed by atoms with van der Waals surface area (Å²) in [5.41, 5.74) is 6.78. The van der Waals surface area contributed by atoms with Crippen LogP contribution in [0.15, 0.2) is 18.2 Å². The molecule has 0 aliphatic heterocycles. The molecular formula is C12H16ClNO. The molecule has 1 aromatic rings. The highest BCUT2D eigenvalue weighted by Crippen LogP contribution is 2.34. The van der Waals surface area contributed by atoms with Crippen molar-refractivity contribution >= 4 is 23.1 Å². The lowest BCUT2D eigenvalue weighted by molar-refractivity contribution is 0.0968. The molecule has 2 N–H and O–H groups in total. The molecule has 15 heavy (non-hydrogen) atoms. The normalized spacial score (nSPS) is 14.1. The molecule has 0 bridgehead atoms. The van der Waals surface area contributed by atoms with Gasteiger partial charge in [-0.05, 0) is 31.0 Å². The summed E-state index contributed by atoms with van der Waals surface area (Å²) in [7, 11) is 0. The highest BCUT2D eigenvalue weighted by atomic mass is 35.5. The van der Waals surface area contributed by atoms with Gasteiger partial charge in [-0.1, -0.05) is 25.4 Å². The molecule has 0 unspecified atom stereocenters. The molecule has 0 spiro atoms. The Morgan fingerprint density at radius 3 is 2.53 bits per heavy atom. The molecule has 0 amide bonds. The highest BCUT2D eigenvalue weighted by molar-refractivity contribution is 6.31. The number of carbonyl (C=O) groups is 1. The van der Waals surface area contributed by atoms with E-state index < -0.39 is 0 Å². The van der Waals surface area contributed by atoms with Crippen LogP contribution >= 0.6 is 11.6 Å². The smallest absolute Gasteiger partial charge is 0.168 e. The van der Waals surface area contributed by atoms with Crippen LogP contribution in [0.3, 0.4) is 0 Å². The van der Waals surface area contributed by atoms with Gasteiger partial charge in [-0.25, -0.2) is 0 Å². The first-order chi connectivity index (χ1) is 7.18. The van der Waals surface area contributed by atoms with E-state index in [4.69, 9.17) is 17.3 Å². The molecule has 0 radical (unpaired) electrons. The average molecular weight is 226 g/mol. The van der Waals surface area contributed by atoms with E-state index in [0.717, 1.165) is 12.8 Å². The monoisotopic (exact) mass is 225 g/mol. The van der Waals surface area contributed by atoms with Gasteiger partial charge in [0.15, 0.2) is 5.78 Å². The van der Waals surface area contributed by atoms with Crippen LogP contribution in [0.25, 0.3) is 0 Å². The van der Waals surface area contributed by atoms with Crippen LogP contribution in [-0.4, -0.2) is 5.78 Å². The number of anilines is 1. The molecule has 1 saturated carbocycles. The Labute approximate surface area is 95.4 Å². The van der Waals surface area contributed by atoms with Crippen LogP contribution in [0.2, 0.25) is 5.02 Å². The molecule has 2 nitrogen and oxygen atoms in total. The molecule has 1 fully saturated rings. The van der Waals surface area contributed by atoms with Gasteiger partial charge < -0.3 is 5.73 Å². The third-order valence-corrected chi connectivity index (χ3v) is 2.46. The third-order valence-electron chi connectivity index (χ3n) is 2.23. The zero-order valence-corrected chi connectivity index (χ0v) is 9.84. The summed E-state index contributed by atoms with van der Waals surface area (Å²) in [5.74, 6) is 0.334. The highest BCUT2D eigenvalue weighted by Gasteiger charge is 2.31. The maximum atomic E-state index is 11.6. The standard InChI is InChI=1S/C10H10ClNO.C2H6/c11-7-3-4-9(12)8(5-7)10(13)6-1-2-6;1-2/h3-6H,1-2,12H2;1-2H3. The van der Waals surface area contributed by atoms with E-state index in [1.165, 1.54) is 0 Å². The van der Waals surface area contributed by atoms with Gasteiger partial charge in [0, 0.05) is 22.2 Å². The number of halogens is 1. The van der Waals surface area contributed by atoms with E-state index in [0.29, 0.717) is 16.3 Å². The van der Waals surface area contributed by atoms with Crippen molar-refractivity contribution in [3.8, 4) is 0 Å². The summed E-state index contributed by atoms with van der Waals surface area (Å²) in [6.07, 6.45) is 1.98. The predicted molar refractivity (Wildman–Crippen MR) is 64.3 cm³/mol. The quantitative estimate of drug-likeness (QED) is 0.618. The number of nitrogens with two attached hydrogens (primary N) is 1. The van der Waals surface area contributed by atoms with Crippen LogP contribution in [-0.2, 0) is 0 Å². The van der Waals surface area contributed by atoms with Crippen LogP contribution in [0, 0.1) is 5.92 Å². The fourth-order valence-electron chi connectivity index (χ4n) is 1.31. The number of Topliss-reactive ketones (excluding diaryl/α,β-unsaturated/α-hetero) is 1. The Kier molecular flexibility index (Phi) is 4.15. The van der Waals surface area contributed by atoms with E-state index in [1.807, 2.05) is 13.8 Å². The Hall–Kier alpha value is -1.02. The molecule has 0 heterocycles. The van der Waals surface area contributed by atoms with Crippen molar-refractivity contribution in [2.75, 3.05) is 5.73 Å². The van der Waals surface area contributed by atoms with E-state index in [1.54, 1.807) is 18.2 Å². The molecule has 0 aromatic heterocycles. The minimum atomic E-state index is 0.139. The zero-order chi connectivity index (χ0) is 11.4. The van der Waals surface area contributed by atoms with Crippen molar-refractivity contribution < 1.29 is 4.79 Å². The summed E-state index contributed by atoms with van der Waals surface area (Å²) < 4.78 is 0. The van der Waals surface area contributed by atoms with E-state index >= 15 is 0 Å². The molecule has 0 saturated heterocycles. The van der Waals surface area contributed by atoms with Crippen LogP contribution in [0.1, 0.15) is 37.0 Å². The maximum Gasteiger partial charge on any atom is 0.168 e. The van der Waals surface area contributed by atoms with Gasteiger partial charge in [-0.2, -0.15) is 0 Å². The lowest BCUT2D eigenvalue weighted by Crippen LogP contribution is -2.05. The SMILES string of the molecule is CC.Nc1ccc(Cl)cc1C(=O)C1CC1. The van der Waals surface area contributed by atoms with E-state index in [2.05, 4.69) is 0 Å². The average Bonchev–Trinajstić information content (AvgIpc) is 3.07. The second-order valence-corrected chi connectivity index (χ2v) is 3.81. The van der Waals surface area contributed by atoms with Crippen molar-refractivity contribution in [1.82, 2.24) is 0 Å². The predicted octanol–water partition coefficient (Wildman–Crippen LogP) is 3.54. The van der Waals surface area contributed by atoms with Gasteiger partial charge in [-0.15, -0.1) is 0 Å². The van der Waals surface area contributed by atoms with Crippen molar-refractivity contribution in [2.45, 2.75) is 26.7 Å².